The minimum absolute atomic E-state index is 0.201. The van der Waals surface area contributed by atoms with E-state index in [1.54, 1.807) is 5.41 Å². The summed E-state index contributed by atoms with van der Waals surface area (Å²) < 4.78 is 7.23. The van der Waals surface area contributed by atoms with Crippen LogP contribution in [0.4, 0.5) is 5.82 Å². The Morgan fingerprint density at radius 2 is 2.19 bits per heavy atom. The van der Waals surface area contributed by atoms with Crippen LogP contribution in [0.3, 0.4) is 0 Å². The maximum Gasteiger partial charge on any atom is 0.320 e. The molecule has 0 saturated carbocycles. The smallest absolute Gasteiger partial charge is 0.320 e. The van der Waals surface area contributed by atoms with Crippen LogP contribution < -0.4 is 11.5 Å². The molecule has 1 aliphatic heterocycles. The number of nitrogen functional groups attached to an aromatic ring is 1. The average Bonchev–Trinajstić information content (AvgIpc) is 3.17. The first kappa shape index (κ1) is 19.4. The highest BCUT2D eigenvalue weighted by Crippen LogP contribution is 2.34. The lowest BCUT2D eigenvalue weighted by Crippen LogP contribution is -2.32. The minimum atomic E-state index is -1.23. The number of nitrogens with two attached hydrogens (primary N) is 2. The Labute approximate surface area is 157 Å². The SMILES string of the molecule is C[S+](/C=C1/O[C@@H](n2cnc3c(N)ncnc32)[C@H](O)[C@@H]1O)CC[C@H](N)C(=O)O. The van der Waals surface area contributed by atoms with Gasteiger partial charge in [0.1, 0.15) is 48.4 Å². The van der Waals surface area contributed by atoms with Crippen LogP contribution in [0.15, 0.2) is 23.8 Å². The molecule has 1 unspecified atom stereocenters. The van der Waals surface area contributed by atoms with Gasteiger partial charge in [0.2, 0.25) is 6.23 Å². The Hall–Kier alpha value is -2.41. The molecule has 27 heavy (non-hydrogen) atoms. The van der Waals surface area contributed by atoms with Gasteiger partial charge in [-0.2, -0.15) is 0 Å². The molecule has 3 heterocycles. The van der Waals surface area contributed by atoms with Gasteiger partial charge in [-0.3, -0.25) is 9.36 Å². The summed E-state index contributed by atoms with van der Waals surface area (Å²) in [6.45, 7) is 0. The maximum atomic E-state index is 10.8. The number of carboxylic acid groups (broad SMARTS) is 1. The lowest BCUT2D eigenvalue weighted by Gasteiger charge is -2.15. The summed E-state index contributed by atoms with van der Waals surface area (Å²) in [6.07, 6.45) is 1.47. The molecular weight excluding hydrogens is 376 g/mol. The van der Waals surface area contributed by atoms with Crippen LogP contribution in [0.5, 0.6) is 0 Å². The van der Waals surface area contributed by atoms with Gasteiger partial charge in [-0.05, 0) is 0 Å². The van der Waals surface area contributed by atoms with Gasteiger partial charge in [-0.25, -0.2) is 15.0 Å². The number of aliphatic carboxylic acids is 1. The number of imidazole rings is 1. The molecule has 146 valence electrons. The minimum Gasteiger partial charge on any atom is -0.480 e. The second-order valence-electron chi connectivity index (χ2n) is 6.18. The van der Waals surface area contributed by atoms with Crippen molar-refractivity contribution >= 4 is 33.8 Å². The quantitative estimate of drug-likeness (QED) is 0.361. The van der Waals surface area contributed by atoms with Gasteiger partial charge in [0.05, 0.1) is 0 Å². The van der Waals surface area contributed by atoms with Gasteiger partial charge in [-0.1, -0.05) is 0 Å². The molecule has 11 nitrogen and oxygen atoms in total. The Bertz CT molecular complexity index is 873. The van der Waals surface area contributed by atoms with Crippen LogP contribution in [-0.2, 0) is 20.4 Å². The summed E-state index contributed by atoms with van der Waals surface area (Å²) in [4.78, 5) is 22.9. The number of rotatable bonds is 6. The van der Waals surface area contributed by atoms with Gasteiger partial charge in [0.25, 0.3) is 0 Å². The number of anilines is 1. The summed E-state index contributed by atoms with van der Waals surface area (Å²) in [6, 6.07) is -0.937. The van der Waals surface area contributed by atoms with E-state index in [9.17, 15) is 15.0 Å². The molecule has 1 fully saturated rings. The fourth-order valence-corrected chi connectivity index (χ4v) is 4.01. The summed E-state index contributed by atoms with van der Waals surface area (Å²) >= 11 is 0. The first-order valence-electron chi connectivity index (χ1n) is 8.06. The normalized spacial score (nSPS) is 26.2. The molecule has 3 rings (SSSR count). The maximum absolute atomic E-state index is 10.8. The number of carboxylic acids is 1. The zero-order valence-corrected chi connectivity index (χ0v) is 15.3. The predicted octanol–water partition coefficient (Wildman–Crippen LogP) is -1.45. The van der Waals surface area contributed by atoms with Crippen LogP contribution in [0.1, 0.15) is 12.6 Å². The standard InChI is InChI=1S/C15H20N6O5S/c1-27(3-2-7(16)15(24)25)4-8-10(22)11(23)14(26-8)21-6-20-9-12(17)18-5-19-13(9)21/h4-7,10-11,14,22-23H,2-3,16H2,1H3,(H2-,17,18,19,24,25)/p+1/b8-4+/t7-,10+,11+,14+,27?/m0/s1. The molecule has 0 spiro atoms. The number of hydrogen-bond donors (Lipinski definition) is 5. The van der Waals surface area contributed by atoms with Crippen molar-refractivity contribution in [2.24, 2.45) is 5.73 Å². The molecule has 0 aliphatic carbocycles. The van der Waals surface area contributed by atoms with E-state index in [0.717, 1.165) is 0 Å². The Balaban J connectivity index is 1.77. The molecule has 5 atom stereocenters. The number of ether oxygens (including phenoxy) is 1. The summed E-state index contributed by atoms with van der Waals surface area (Å²) in [5.41, 5.74) is 12.0. The van der Waals surface area contributed by atoms with Crippen LogP contribution in [0, 0.1) is 0 Å². The first-order valence-corrected chi connectivity index (χ1v) is 9.93. The number of aliphatic hydroxyl groups is 2. The van der Waals surface area contributed by atoms with Crippen molar-refractivity contribution < 1.29 is 24.9 Å². The van der Waals surface area contributed by atoms with Crippen molar-refractivity contribution in [1.29, 1.82) is 0 Å². The van der Waals surface area contributed by atoms with E-state index in [2.05, 4.69) is 15.0 Å². The molecule has 12 heteroatoms. The Kier molecular flexibility index (Phi) is 5.51. The third-order valence-electron chi connectivity index (χ3n) is 4.21. The van der Waals surface area contributed by atoms with Gasteiger partial charge >= 0.3 is 5.97 Å². The zero-order chi connectivity index (χ0) is 19.7. The second kappa shape index (κ2) is 7.68. The van der Waals surface area contributed by atoms with E-state index in [1.165, 1.54) is 17.2 Å². The van der Waals surface area contributed by atoms with Crippen LogP contribution in [-0.4, -0.2) is 71.1 Å². The van der Waals surface area contributed by atoms with E-state index >= 15 is 0 Å². The molecule has 0 bridgehead atoms. The highest BCUT2D eigenvalue weighted by atomic mass is 32.2. The molecular formula is C15H21N6O5S+. The molecule has 1 aliphatic rings. The van der Waals surface area contributed by atoms with Crippen molar-refractivity contribution in [2.45, 2.75) is 30.9 Å². The van der Waals surface area contributed by atoms with E-state index in [4.69, 9.17) is 21.3 Å². The van der Waals surface area contributed by atoms with E-state index in [0.29, 0.717) is 23.3 Å². The number of aromatic nitrogens is 4. The largest absolute Gasteiger partial charge is 0.480 e. The molecule has 2 aromatic heterocycles. The first-order chi connectivity index (χ1) is 12.8. The number of nitrogens with zero attached hydrogens (tertiary/aromatic N) is 4. The topological polar surface area (TPSA) is 183 Å². The van der Waals surface area contributed by atoms with Crippen molar-refractivity contribution in [1.82, 2.24) is 19.5 Å². The van der Waals surface area contributed by atoms with E-state index < -0.39 is 41.3 Å². The third-order valence-corrected chi connectivity index (χ3v) is 5.72. The fraction of sp³-hybridized carbons (Fsp3) is 0.467. The monoisotopic (exact) mass is 397 g/mol. The number of hydrogen-bond acceptors (Lipinski definition) is 9. The summed E-state index contributed by atoms with van der Waals surface area (Å²) in [7, 11) is -0.397. The molecule has 1 saturated heterocycles. The highest BCUT2D eigenvalue weighted by molar-refractivity contribution is 7.98. The van der Waals surface area contributed by atoms with Gasteiger partial charge in [0.15, 0.2) is 22.6 Å². The number of carbonyl (C=O) groups is 1. The molecule has 7 N–H and O–H groups in total. The highest BCUT2D eigenvalue weighted by Gasteiger charge is 2.43. The summed E-state index contributed by atoms with van der Waals surface area (Å²) in [5.74, 6) is -0.120. The van der Waals surface area contributed by atoms with Crippen LogP contribution in [0.2, 0.25) is 0 Å². The van der Waals surface area contributed by atoms with Crippen molar-refractivity contribution in [2.75, 3.05) is 17.7 Å². The van der Waals surface area contributed by atoms with Gasteiger partial charge < -0.3 is 31.5 Å². The molecule has 0 amide bonds. The van der Waals surface area contributed by atoms with Gasteiger partial charge in [-0.15, -0.1) is 0 Å². The van der Waals surface area contributed by atoms with Crippen molar-refractivity contribution in [3.8, 4) is 0 Å². The van der Waals surface area contributed by atoms with Crippen molar-refractivity contribution in [3.05, 3.63) is 23.8 Å². The van der Waals surface area contributed by atoms with Gasteiger partial charge in [0, 0.05) is 17.3 Å². The molecule has 0 radical (unpaired) electrons. The second-order valence-corrected chi connectivity index (χ2v) is 8.20. The van der Waals surface area contributed by atoms with Crippen molar-refractivity contribution in [3.63, 3.8) is 0 Å². The molecule has 2 aromatic rings. The number of aliphatic hydroxyl groups excluding tert-OH is 2. The summed E-state index contributed by atoms with van der Waals surface area (Å²) in [5, 5.41) is 31.2. The number of fused-ring (bicyclic) bond motifs is 1. The zero-order valence-electron chi connectivity index (χ0n) is 14.5. The third kappa shape index (κ3) is 3.83. The average molecular weight is 397 g/mol. The Morgan fingerprint density at radius 3 is 2.89 bits per heavy atom. The lowest BCUT2D eigenvalue weighted by atomic mass is 10.2. The van der Waals surface area contributed by atoms with E-state index in [1.807, 2.05) is 6.26 Å². The Morgan fingerprint density at radius 1 is 1.44 bits per heavy atom. The van der Waals surface area contributed by atoms with E-state index in [-0.39, 0.29) is 11.6 Å². The predicted molar refractivity (Wildman–Crippen MR) is 98.3 cm³/mol. The van der Waals surface area contributed by atoms with Crippen LogP contribution in [0.25, 0.3) is 11.2 Å². The van der Waals surface area contributed by atoms with Crippen LogP contribution >= 0.6 is 0 Å². The lowest BCUT2D eigenvalue weighted by molar-refractivity contribution is -0.138. The molecule has 0 aromatic carbocycles. The fourth-order valence-electron chi connectivity index (χ4n) is 2.67.